The predicted molar refractivity (Wildman–Crippen MR) is 77.6 cm³/mol. The molecule has 0 atom stereocenters. The van der Waals surface area contributed by atoms with Crippen LogP contribution < -0.4 is 5.73 Å². The highest BCUT2D eigenvalue weighted by atomic mass is 16.7. The Labute approximate surface area is 131 Å². The molecule has 128 valence electrons. The molecule has 0 radical (unpaired) electrons. The molecule has 0 heterocycles. The SMILES string of the molecule is COCOCCC(CN)(CCOCOC)C(=O)OCCC#N. The van der Waals surface area contributed by atoms with Gasteiger partial charge in [0.15, 0.2) is 0 Å². The van der Waals surface area contributed by atoms with Gasteiger partial charge in [-0.05, 0) is 12.8 Å². The second kappa shape index (κ2) is 13.4. The quantitative estimate of drug-likeness (QED) is 0.278. The van der Waals surface area contributed by atoms with Crippen LogP contribution >= 0.6 is 0 Å². The number of methoxy groups -OCH3 is 2. The molecular formula is C14H26N2O6. The molecule has 0 rings (SSSR count). The van der Waals surface area contributed by atoms with Crippen molar-refractivity contribution in [2.45, 2.75) is 19.3 Å². The van der Waals surface area contributed by atoms with E-state index in [0.717, 1.165) is 0 Å². The summed E-state index contributed by atoms with van der Waals surface area (Å²) in [6, 6.07) is 1.92. The summed E-state index contributed by atoms with van der Waals surface area (Å²) in [7, 11) is 3.04. The van der Waals surface area contributed by atoms with Gasteiger partial charge in [-0.15, -0.1) is 0 Å². The molecule has 0 fully saturated rings. The van der Waals surface area contributed by atoms with Crippen LogP contribution in [0.2, 0.25) is 0 Å². The van der Waals surface area contributed by atoms with E-state index in [1.165, 1.54) is 14.2 Å². The van der Waals surface area contributed by atoms with Crippen LogP contribution in [0.4, 0.5) is 0 Å². The fourth-order valence-electron chi connectivity index (χ4n) is 1.78. The van der Waals surface area contributed by atoms with E-state index in [1.54, 1.807) is 0 Å². The van der Waals surface area contributed by atoms with E-state index in [4.69, 9.17) is 34.7 Å². The molecule has 0 aromatic heterocycles. The van der Waals surface area contributed by atoms with Crippen LogP contribution in [0.5, 0.6) is 0 Å². The van der Waals surface area contributed by atoms with Crippen molar-refractivity contribution in [2.75, 3.05) is 54.2 Å². The van der Waals surface area contributed by atoms with Gasteiger partial charge in [0.05, 0.1) is 31.1 Å². The van der Waals surface area contributed by atoms with Crippen LogP contribution in [0.1, 0.15) is 19.3 Å². The van der Waals surface area contributed by atoms with E-state index in [-0.39, 0.29) is 33.2 Å². The fourth-order valence-corrected chi connectivity index (χ4v) is 1.78. The Balaban J connectivity index is 4.59. The first-order valence-corrected chi connectivity index (χ1v) is 7.04. The lowest BCUT2D eigenvalue weighted by Gasteiger charge is -2.30. The molecule has 8 heteroatoms. The summed E-state index contributed by atoms with van der Waals surface area (Å²) >= 11 is 0. The van der Waals surface area contributed by atoms with Crippen molar-refractivity contribution in [3.05, 3.63) is 0 Å². The predicted octanol–water partition coefficient (Wildman–Crippen LogP) is 0.410. The van der Waals surface area contributed by atoms with Crippen molar-refractivity contribution in [2.24, 2.45) is 11.1 Å². The van der Waals surface area contributed by atoms with E-state index in [2.05, 4.69) is 0 Å². The van der Waals surface area contributed by atoms with Gasteiger partial charge in [-0.2, -0.15) is 5.26 Å². The molecule has 0 bridgehead atoms. The number of nitrogens with zero attached hydrogens (tertiary/aromatic N) is 1. The average Bonchev–Trinajstić information content (AvgIpc) is 2.54. The van der Waals surface area contributed by atoms with Gasteiger partial charge in [-0.3, -0.25) is 4.79 Å². The zero-order chi connectivity index (χ0) is 16.7. The van der Waals surface area contributed by atoms with Crippen LogP contribution in [-0.2, 0) is 28.5 Å². The van der Waals surface area contributed by atoms with Crippen LogP contribution in [0.3, 0.4) is 0 Å². The molecule has 0 unspecified atom stereocenters. The van der Waals surface area contributed by atoms with E-state index >= 15 is 0 Å². The largest absolute Gasteiger partial charge is 0.464 e. The Bertz CT molecular complexity index is 320. The first-order chi connectivity index (χ1) is 10.7. The van der Waals surface area contributed by atoms with Crippen molar-refractivity contribution in [1.29, 1.82) is 5.26 Å². The smallest absolute Gasteiger partial charge is 0.313 e. The topological polar surface area (TPSA) is 113 Å². The molecule has 0 aliphatic carbocycles. The van der Waals surface area contributed by atoms with E-state index in [1.807, 2.05) is 6.07 Å². The van der Waals surface area contributed by atoms with Crippen LogP contribution in [0.25, 0.3) is 0 Å². The summed E-state index contributed by atoms with van der Waals surface area (Å²) in [5.74, 6) is -0.438. The maximum atomic E-state index is 12.3. The minimum Gasteiger partial charge on any atom is -0.464 e. The van der Waals surface area contributed by atoms with Crippen molar-refractivity contribution >= 4 is 5.97 Å². The lowest BCUT2D eigenvalue weighted by Crippen LogP contribution is -2.42. The summed E-state index contributed by atoms with van der Waals surface area (Å²) < 4.78 is 25.2. The minimum absolute atomic E-state index is 0.0505. The Morgan fingerprint density at radius 3 is 2.05 bits per heavy atom. The van der Waals surface area contributed by atoms with Gasteiger partial charge in [-0.1, -0.05) is 0 Å². The standard InChI is InChI=1S/C14H26N2O6/c1-18-11-20-8-4-14(10-16,5-9-21-12-19-2)13(17)22-7-3-6-15/h3-5,7-12,16H2,1-2H3. The molecule has 2 N–H and O–H groups in total. The Morgan fingerprint density at radius 2 is 1.64 bits per heavy atom. The van der Waals surface area contributed by atoms with Gasteiger partial charge < -0.3 is 29.4 Å². The van der Waals surface area contributed by atoms with E-state index in [9.17, 15) is 4.79 Å². The van der Waals surface area contributed by atoms with Crippen LogP contribution in [-0.4, -0.2) is 60.1 Å². The fraction of sp³-hybridized carbons (Fsp3) is 0.857. The number of hydrogen-bond acceptors (Lipinski definition) is 8. The molecule has 0 aromatic rings. The molecule has 0 aliphatic heterocycles. The molecule has 8 nitrogen and oxygen atoms in total. The molecule has 0 amide bonds. The molecule has 0 saturated heterocycles. The first-order valence-electron chi connectivity index (χ1n) is 7.04. The highest BCUT2D eigenvalue weighted by molar-refractivity contribution is 5.77. The Morgan fingerprint density at radius 1 is 1.09 bits per heavy atom. The average molecular weight is 318 g/mol. The minimum atomic E-state index is -0.906. The highest BCUT2D eigenvalue weighted by Gasteiger charge is 2.38. The van der Waals surface area contributed by atoms with Gasteiger partial charge in [0.25, 0.3) is 0 Å². The second-order valence-corrected chi connectivity index (χ2v) is 4.66. The zero-order valence-corrected chi connectivity index (χ0v) is 13.3. The maximum Gasteiger partial charge on any atom is 0.313 e. The number of carbonyl (C=O) groups is 1. The van der Waals surface area contributed by atoms with Crippen LogP contribution in [0.15, 0.2) is 0 Å². The number of nitrogens with two attached hydrogens (primary N) is 1. The third-order valence-electron chi connectivity index (χ3n) is 3.12. The highest BCUT2D eigenvalue weighted by Crippen LogP contribution is 2.28. The number of rotatable bonds is 14. The molecule has 0 aromatic carbocycles. The van der Waals surface area contributed by atoms with Crippen molar-refractivity contribution in [3.8, 4) is 6.07 Å². The van der Waals surface area contributed by atoms with Crippen molar-refractivity contribution < 1.29 is 28.5 Å². The number of esters is 1. The summed E-state index contributed by atoms with van der Waals surface area (Å²) in [4.78, 5) is 12.3. The van der Waals surface area contributed by atoms with Gasteiger partial charge in [0.1, 0.15) is 20.2 Å². The van der Waals surface area contributed by atoms with Crippen molar-refractivity contribution in [3.63, 3.8) is 0 Å². The number of nitriles is 1. The lowest BCUT2D eigenvalue weighted by atomic mass is 9.81. The van der Waals surface area contributed by atoms with Gasteiger partial charge >= 0.3 is 5.97 Å². The number of carbonyl (C=O) groups excluding carboxylic acids is 1. The lowest BCUT2D eigenvalue weighted by molar-refractivity contribution is -0.159. The summed E-state index contributed by atoms with van der Waals surface area (Å²) in [5, 5.41) is 8.51. The summed E-state index contributed by atoms with van der Waals surface area (Å²) in [6.45, 7) is 1.06. The molecule has 0 saturated carbocycles. The first kappa shape index (κ1) is 20.8. The van der Waals surface area contributed by atoms with Crippen LogP contribution in [0, 0.1) is 16.7 Å². The Kier molecular flexibility index (Phi) is 12.7. The molecule has 0 aliphatic rings. The van der Waals surface area contributed by atoms with E-state index in [0.29, 0.717) is 26.1 Å². The molecule has 22 heavy (non-hydrogen) atoms. The van der Waals surface area contributed by atoms with Gasteiger partial charge in [0, 0.05) is 20.8 Å². The molecular weight excluding hydrogens is 292 g/mol. The normalized spacial score (nSPS) is 11.2. The monoisotopic (exact) mass is 318 g/mol. The number of hydrogen-bond donors (Lipinski definition) is 1. The third kappa shape index (κ3) is 8.26. The Hall–Kier alpha value is -1.24. The van der Waals surface area contributed by atoms with Gasteiger partial charge in [-0.25, -0.2) is 0 Å². The summed E-state index contributed by atoms with van der Waals surface area (Å²) in [5.41, 5.74) is 4.90. The zero-order valence-electron chi connectivity index (χ0n) is 13.3. The summed E-state index contributed by atoms with van der Waals surface area (Å²) in [6.07, 6.45) is 0.913. The van der Waals surface area contributed by atoms with Gasteiger partial charge in [0.2, 0.25) is 0 Å². The van der Waals surface area contributed by atoms with Crippen molar-refractivity contribution in [1.82, 2.24) is 0 Å². The van der Waals surface area contributed by atoms with E-state index < -0.39 is 11.4 Å². The third-order valence-corrected chi connectivity index (χ3v) is 3.12. The maximum absolute atomic E-state index is 12.3. The molecule has 0 spiro atoms. The second-order valence-electron chi connectivity index (χ2n) is 4.66. The number of ether oxygens (including phenoxy) is 5.